The Morgan fingerprint density at radius 2 is 1.71 bits per heavy atom. The van der Waals surface area contributed by atoms with Gasteiger partial charge in [0.2, 0.25) is 11.8 Å². The highest BCUT2D eigenvalue weighted by molar-refractivity contribution is 5.97. The maximum absolute atomic E-state index is 12.9. The fourth-order valence-electron chi connectivity index (χ4n) is 2.49. The van der Waals surface area contributed by atoms with Crippen LogP contribution in [-0.4, -0.2) is 46.7 Å². The zero-order valence-corrected chi connectivity index (χ0v) is 14.6. The number of carbonyl (C=O) groups is 2. The highest BCUT2D eigenvalue weighted by Gasteiger charge is 2.26. The van der Waals surface area contributed by atoms with Crippen molar-refractivity contribution in [3.63, 3.8) is 0 Å². The van der Waals surface area contributed by atoms with Crippen molar-refractivity contribution in [2.45, 2.75) is 13.8 Å². The molecule has 0 bridgehead atoms. The van der Waals surface area contributed by atoms with Crippen LogP contribution in [0.2, 0.25) is 0 Å². The first-order chi connectivity index (χ1) is 11.3. The van der Waals surface area contributed by atoms with Crippen molar-refractivity contribution >= 4 is 17.5 Å². The number of amides is 2. The molecule has 0 unspecified atom stereocenters. The van der Waals surface area contributed by atoms with E-state index >= 15 is 0 Å². The third-order valence-corrected chi connectivity index (χ3v) is 3.97. The standard InChI is InChI=1S/C17H22N4O3/c1-12-16(20(13(2)22)11-15(23)18(3)4)17(24)21(19(12)5)14-9-7-6-8-10-14/h6-10H,11H2,1-5H3. The van der Waals surface area contributed by atoms with Gasteiger partial charge in [0.1, 0.15) is 12.2 Å². The number of benzene rings is 1. The van der Waals surface area contributed by atoms with E-state index in [4.69, 9.17) is 0 Å². The Bertz CT molecular complexity index is 818. The molecular formula is C17H22N4O3. The van der Waals surface area contributed by atoms with E-state index in [1.54, 1.807) is 32.7 Å². The Morgan fingerprint density at radius 3 is 2.21 bits per heavy atom. The minimum Gasteiger partial charge on any atom is -0.347 e. The largest absolute Gasteiger partial charge is 0.347 e. The van der Waals surface area contributed by atoms with Gasteiger partial charge in [-0.15, -0.1) is 0 Å². The van der Waals surface area contributed by atoms with Crippen molar-refractivity contribution in [1.29, 1.82) is 0 Å². The van der Waals surface area contributed by atoms with Crippen molar-refractivity contribution in [2.24, 2.45) is 7.05 Å². The number of likely N-dealkylation sites (N-methyl/N-ethyl adjacent to an activating group) is 1. The molecule has 1 aromatic carbocycles. The molecule has 0 spiro atoms. The molecule has 2 aromatic rings. The highest BCUT2D eigenvalue weighted by atomic mass is 16.2. The molecule has 0 radical (unpaired) electrons. The molecule has 0 saturated heterocycles. The van der Waals surface area contributed by atoms with Crippen LogP contribution in [-0.2, 0) is 16.6 Å². The third-order valence-electron chi connectivity index (χ3n) is 3.97. The van der Waals surface area contributed by atoms with E-state index in [1.807, 2.05) is 30.3 Å². The van der Waals surface area contributed by atoms with E-state index in [-0.39, 0.29) is 29.6 Å². The minimum atomic E-state index is -0.351. The fraction of sp³-hybridized carbons (Fsp3) is 0.353. The van der Waals surface area contributed by atoms with Gasteiger partial charge >= 0.3 is 0 Å². The molecule has 0 N–H and O–H groups in total. The number of hydrogen-bond acceptors (Lipinski definition) is 3. The Morgan fingerprint density at radius 1 is 1.12 bits per heavy atom. The van der Waals surface area contributed by atoms with Gasteiger partial charge in [0.25, 0.3) is 5.56 Å². The molecule has 0 aliphatic heterocycles. The van der Waals surface area contributed by atoms with Gasteiger partial charge in [-0.3, -0.25) is 24.0 Å². The number of hydrogen-bond donors (Lipinski definition) is 0. The third kappa shape index (κ3) is 3.10. The Kier molecular flexibility index (Phi) is 4.92. The average Bonchev–Trinajstić information content (AvgIpc) is 2.75. The lowest BCUT2D eigenvalue weighted by atomic mass is 10.3. The van der Waals surface area contributed by atoms with Crippen LogP contribution < -0.4 is 10.5 Å². The lowest BCUT2D eigenvalue weighted by molar-refractivity contribution is -0.129. The maximum Gasteiger partial charge on any atom is 0.295 e. The van der Waals surface area contributed by atoms with Gasteiger partial charge in [-0.05, 0) is 19.1 Å². The van der Waals surface area contributed by atoms with Crippen LogP contribution in [0.4, 0.5) is 5.69 Å². The first-order valence-corrected chi connectivity index (χ1v) is 7.58. The lowest BCUT2D eigenvalue weighted by Crippen LogP contribution is -2.41. The fourth-order valence-corrected chi connectivity index (χ4v) is 2.49. The summed E-state index contributed by atoms with van der Waals surface area (Å²) < 4.78 is 3.17. The molecule has 24 heavy (non-hydrogen) atoms. The Balaban J connectivity index is 2.60. The lowest BCUT2D eigenvalue weighted by Gasteiger charge is -2.21. The molecule has 0 aliphatic rings. The predicted molar refractivity (Wildman–Crippen MR) is 92.5 cm³/mol. The van der Waals surface area contributed by atoms with Gasteiger partial charge in [0.15, 0.2) is 0 Å². The first kappa shape index (κ1) is 17.5. The van der Waals surface area contributed by atoms with Gasteiger partial charge in [-0.1, -0.05) is 18.2 Å². The van der Waals surface area contributed by atoms with Crippen LogP contribution in [0, 0.1) is 6.92 Å². The molecule has 7 heteroatoms. The zero-order chi connectivity index (χ0) is 18.0. The van der Waals surface area contributed by atoms with E-state index < -0.39 is 0 Å². The molecule has 1 aromatic heterocycles. The molecule has 128 valence electrons. The first-order valence-electron chi connectivity index (χ1n) is 7.58. The van der Waals surface area contributed by atoms with Crippen molar-refractivity contribution < 1.29 is 9.59 Å². The molecule has 0 atom stereocenters. The van der Waals surface area contributed by atoms with Gasteiger partial charge in [-0.2, -0.15) is 0 Å². The van der Waals surface area contributed by atoms with E-state index in [1.165, 1.54) is 21.4 Å². The van der Waals surface area contributed by atoms with Gasteiger partial charge in [-0.25, -0.2) is 4.68 Å². The summed E-state index contributed by atoms with van der Waals surface area (Å²) in [4.78, 5) is 39.7. The smallest absolute Gasteiger partial charge is 0.295 e. The van der Waals surface area contributed by atoms with Crippen LogP contribution in [0.25, 0.3) is 5.69 Å². The summed E-state index contributed by atoms with van der Waals surface area (Å²) in [5, 5.41) is 0. The number of anilines is 1. The van der Waals surface area contributed by atoms with Crippen LogP contribution in [0.1, 0.15) is 12.6 Å². The van der Waals surface area contributed by atoms with Crippen LogP contribution >= 0.6 is 0 Å². The van der Waals surface area contributed by atoms with Crippen molar-refractivity contribution in [2.75, 3.05) is 25.5 Å². The Labute approximate surface area is 140 Å². The number of para-hydroxylation sites is 1. The topological polar surface area (TPSA) is 67.6 Å². The highest BCUT2D eigenvalue weighted by Crippen LogP contribution is 2.18. The molecule has 0 saturated carbocycles. The second-order valence-electron chi connectivity index (χ2n) is 5.80. The van der Waals surface area contributed by atoms with Gasteiger partial charge < -0.3 is 4.90 Å². The summed E-state index contributed by atoms with van der Waals surface area (Å²) in [6, 6.07) is 9.16. The predicted octanol–water partition coefficient (Wildman–Crippen LogP) is 0.926. The van der Waals surface area contributed by atoms with E-state index in [2.05, 4.69) is 0 Å². The summed E-state index contributed by atoms with van der Waals surface area (Å²) in [6.07, 6.45) is 0. The molecule has 7 nitrogen and oxygen atoms in total. The average molecular weight is 330 g/mol. The number of carbonyl (C=O) groups excluding carboxylic acids is 2. The quantitative estimate of drug-likeness (QED) is 0.837. The summed E-state index contributed by atoms with van der Waals surface area (Å²) in [5.74, 6) is -0.602. The Hall–Kier alpha value is -2.83. The van der Waals surface area contributed by atoms with Crippen LogP contribution in [0.3, 0.4) is 0 Å². The summed E-state index contributed by atoms with van der Waals surface area (Å²) in [5.41, 5.74) is 1.21. The molecule has 1 heterocycles. The van der Waals surface area contributed by atoms with Crippen molar-refractivity contribution in [1.82, 2.24) is 14.3 Å². The van der Waals surface area contributed by atoms with Gasteiger partial charge in [0, 0.05) is 28.1 Å². The number of nitrogens with zero attached hydrogens (tertiary/aromatic N) is 4. The summed E-state index contributed by atoms with van der Waals surface area (Å²) in [6.45, 7) is 2.94. The molecule has 0 fully saturated rings. The number of rotatable bonds is 4. The minimum absolute atomic E-state index is 0.169. The van der Waals surface area contributed by atoms with Crippen molar-refractivity contribution in [3.8, 4) is 5.69 Å². The second-order valence-corrected chi connectivity index (χ2v) is 5.80. The van der Waals surface area contributed by atoms with E-state index in [9.17, 15) is 14.4 Å². The molecule has 2 amide bonds. The van der Waals surface area contributed by atoms with E-state index in [0.29, 0.717) is 11.4 Å². The van der Waals surface area contributed by atoms with Crippen molar-refractivity contribution in [3.05, 3.63) is 46.4 Å². The zero-order valence-electron chi connectivity index (χ0n) is 14.6. The second kappa shape index (κ2) is 6.74. The monoisotopic (exact) mass is 330 g/mol. The number of aromatic nitrogens is 2. The normalized spacial score (nSPS) is 10.5. The van der Waals surface area contributed by atoms with E-state index in [0.717, 1.165) is 0 Å². The maximum atomic E-state index is 12.9. The van der Waals surface area contributed by atoms with Crippen LogP contribution in [0.15, 0.2) is 35.1 Å². The van der Waals surface area contributed by atoms with Gasteiger partial charge in [0.05, 0.1) is 11.4 Å². The summed E-state index contributed by atoms with van der Waals surface area (Å²) in [7, 11) is 4.97. The SMILES string of the molecule is CC(=O)N(CC(=O)N(C)C)c1c(C)n(C)n(-c2ccccc2)c1=O. The molecule has 0 aliphatic carbocycles. The molecular weight excluding hydrogens is 308 g/mol. The molecule has 2 rings (SSSR count). The summed E-state index contributed by atoms with van der Waals surface area (Å²) >= 11 is 0. The van der Waals surface area contributed by atoms with Crippen LogP contribution in [0.5, 0.6) is 0 Å².